The highest BCUT2D eigenvalue weighted by molar-refractivity contribution is 7.18. The van der Waals surface area contributed by atoms with E-state index in [4.69, 9.17) is 9.47 Å². The second-order valence-corrected chi connectivity index (χ2v) is 7.21. The zero-order chi connectivity index (χ0) is 16.1. The number of ether oxygens (including phenoxy) is 2. The van der Waals surface area contributed by atoms with Crippen LogP contribution in [0.2, 0.25) is 0 Å². The van der Waals surface area contributed by atoms with Gasteiger partial charge in [0.15, 0.2) is 0 Å². The predicted molar refractivity (Wildman–Crippen MR) is 91.8 cm³/mol. The molecule has 0 amide bonds. The van der Waals surface area contributed by atoms with Crippen molar-refractivity contribution in [3.05, 3.63) is 29.3 Å². The fourth-order valence-electron chi connectivity index (χ4n) is 2.81. The van der Waals surface area contributed by atoms with Gasteiger partial charge in [-0.2, -0.15) is 0 Å². The van der Waals surface area contributed by atoms with Crippen LogP contribution in [0, 0.1) is 0 Å². The van der Waals surface area contributed by atoms with Gasteiger partial charge in [-0.1, -0.05) is 12.1 Å². The van der Waals surface area contributed by atoms with Crippen molar-refractivity contribution in [2.24, 2.45) is 0 Å². The maximum Gasteiger partial charge on any atom is 0.108 e. The lowest BCUT2D eigenvalue weighted by Gasteiger charge is -2.20. The molecule has 126 valence electrons. The molecule has 5 nitrogen and oxygen atoms in total. The highest BCUT2D eigenvalue weighted by atomic mass is 32.1. The van der Waals surface area contributed by atoms with E-state index in [-0.39, 0.29) is 6.10 Å². The molecule has 1 aromatic heterocycles. The number of para-hydroxylation sites is 1. The number of hydrogen-bond acceptors (Lipinski definition) is 6. The van der Waals surface area contributed by atoms with Gasteiger partial charge < -0.3 is 14.6 Å². The lowest BCUT2D eigenvalue weighted by molar-refractivity contribution is -0.0238. The van der Waals surface area contributed by atoms with E-state index in [1.165, 1.54) is 4.70 Å². The van der Waals surface area contributed by atoms with Gasteiger partial charge in [0.25, 0.3) is 0 Å². The number of aromatic nitrogens is 1. The summed E-state index contributed by atoms with van der Waals surface area (Å²) in [5.74, 6) is 0. The fraction of sp³-hybridized carbons (Fsp3) is 0.588. The maximum atomic E-state index is 10.1. The number of thiazole rings is 1. The van der Waals surface area contributed by atoms with E-state index in [1.54, 1.807) is 11.3 Å². The number of nitrogens with zero attached hydrogens (tertiary/aromatic N) is 2. The first kappa shape index (κ1) is 16.8. The molecule has 23 heavy (non-hydrogen) atoms. The molecule has 0 saturated carbocycles. The Kier molecular flexibility index (Phi) is 5.96. The van der Waals surface area contributed by atoms with Crippen molar-refractivity contribution in [3.63, 3.8) is 0 Å². The average Bonchev–Trinajstić information content (AvgIpc) is 3.15. The minimum Gasteiger partial charge on any atom is -0.389 e. The molecule has 3 rings (SSSR count). The summed E-state index contributed by atoms with van der Waals surface area (Å²) in [7, 11) is 2.00. The minimum absolute atomic E-state index is 0.211. The molecule has 1 aliphatic rings. The quantitative estimate of drug-likeness (QED) is 0.801. The Labute approximate surface area is 140 Å². The van der Waals surface area contributed by atoms with Crippen LogP contribution in [0.5, 0.6) is 0 Å². The topological polar surface area (TPSA) is 54.8 Å². The molecule has 2 heterocycles. The van der Waals surface area contributed by atoms with Crippen LogP contribution in [0.4, 0.5) is 0 Å². The van der Waals surface area contributed by atoms with Crippen LogP contribution in [-0.2, 0) is 16.0 Å². The van der Waals surface area contributed by atoms with Gasteiger partial charge in [0.2, 0.25) is 0 Å². The van der Waals surface area contributed by atoms with Crippen molar-refractivity contribution in [2.45, 2.75) is 31.6 Å². The summed E-state index contributed by atoms with van der Waals surface area (Å²) in [6.45, 7) is 3.08. The van der Waals surface area contributed by atoms with Gasteiger partial charge in [0.05, 0.1) is 42.2 Å². The summed E-state index contributed by atoms with van der Waals surface area (Å²) in [6.07, 6.45) is 1.90. The second-order valence-electron chi connectivity index (χ2n) is 6.10. The Bertz CT molecular complexity index is 580. The third kappa shape index (κ3) is 4.96. The molecule has 1 saturated heterocycles. The highest BCUT2D eigenvalue weighted by Crippen LogP contribution is 2.22. The van der Waals surface area contributed by atoms with E-state index in [9.17, 15) is 5.11 Å². The Morgan fingerprint density at radius 3 is 3.13 bits per heavy atom. The van der Waals surface area contributed by atoms with Crippen LogP contribution in [0.3, 0.4) is 0 Å². The number of fused-ring (bicyclic) bond motifs is 1. The average molecular weight is 336 g/mol. The van der Waals surface area contributed by atoms with Crippen LogP contribution < -0.4 is 0 Å². The largest absolute Gasteiger partial charge is 0.389 e. The highest BCUT2D eigenvalue weighted by Gasteiger charge is 2.17. The normalized spacial score (nSPS) is 19.7. The van der Waals surface area contributed by atoms with Crippen LogP contribution in [0.15, 0.2) is 24.3 Å². The number of rotatable bonds is 8. The first-order valence-electron chi connectivity index (χ1n) is 8.11. The van der Waals surface area contributed by atoms with E-state index in [1.807, 2.05) is 25.2 Å². The van der Waals surface area contributed by atoms with Crippen molar-refractivity contribution in [2.75, 3.05) is 33.4 Å². The lowest BCUT2D eigenvalue weighted by atomic mass is 10.2. The van der Waals surface area contributed by atoms with Crippen LogP contribution in [0.1, 0.15) is 17.8 Å². The smallest absolute Gasteiger partial charge is 0.108 e. The second kappa shape index (κ2) is 8.17. The van der Waals surface area contributed by atoms with Gasteiger partial charge in [-0.15, -0.1) is 11.3 Å². The monoisotopic (exact) mass is 336 g/mol. The van der Waals surface area contributed by atoms with Crippen molar-refractivity contribution in [1.29, 1.82) is 0 Å². The van der Waals surface area contributed by atoms with E-state index in [2.05, 4.69) is 16.0 Å². The molecule has 0 unspecified atom stereocenters. The molecule has 0 radical (unpaired) electrons. The van der Waals surface area contributed by atoms with Gasteiger partial charge in [-0.25, -0.2) is 4.98 Å². The number of aliphatic hydroxyl groups excluding tert-OH is 1. The molecular formula is C17H24N2O3S. The SMILES string of the molecule is CN(Cc1nc2ccccc2s1)C[C@@H](O)COC[C@H]1CCCO1. The Balaban J connectivity index is 1.40. The zero-order valence-electron chi connectivity index (χ0n) is 13.5. The van der Waals surface area contributed by atoms with Gasteiger partial charge in [0.1, 0.15) is 5.01 Å². The zero-order valence-corrected chi connectivity index (χ0v) is 14.3. The third-order valence-electron chi connectivity index (χ3n) is 3.90. The number of hydrogen-bond donors (Lipinski definition) is 1. The molecule has 1 N–H and O–H groups in total. The van der Waals surface area contributed by atoms with E-state index in [0.29, 0.717) is 19.8 Å². The summed E-state index contributed by atoms with van der Waals surface area (Å²) in [5.41, 5.74) is 1.04. The molecule has 0 spiro atoms. The van der Waals surface area contributed by atoms with Gasteiger partial charge in [-0.3, -0.25) is 4.90 Å². The third-order valence-corrected chi connectivity index (χ3v) is 4.92. The number of aliphatic hydroxyl groups is 1. The van der Waals surface area contributed by atoms with E-state index >= 15 is 0 Å². The van der Waals surface area contributed by atoms with Crippen LogP contribution in [-0.4, -0.2) is 60.6 Å². The van der Waals surface area contributed by atoms with Crippen molar-refractivity contribution in [1.82, 2.24) is 9.88 Å². The van der Waals surface area contributed by atoms with Crippen LogP contribution >= 0.6 is 11.3 Å². The molecule has 0 aliphatic carbocycles. The summed E-state index contributed by atoms with van der Waals surface area (Å²) in [5, 5.41) is 11.2. The molecule has 1 aliphatic heterocycles. The molecule has 0 bridgehead atoms. The minimum atomic E-state index is -0.490. The van der Waals surface area contributed by atoms with Crippen molar-refractivity contribution < 1.29 is 14.6 Å². The number of benzene rings is 1. The predicted octanol–water partition coefficient (Wildman–Crippen LogP) is 2.28. The molecule has 2 aromatic rings. The Morgan fingerprint density at radius 2 is 2.35 bits per heavy atom. The molecule has 1 aromatic carbocycles. The number of likely N-dealkylation sites (N-methyl/N-ethyl adjacent to an activating group) is 1. The first-order valence-corrected chi connectivity index (χ1v) is 8.93. The van der Waals surface area contributed by atoms with Gasteiger partial charge >= 0.3 is 0 Å². The van der Waals surface area contributed by atoms with Gasteiger partial charge in [0, 0.05) is 13.2 Å². The molecular weight excluding hydrogens is 312 g/mol. The molecule has 2 atom stereocenters. The lowest BCUT2D eigenvalue weighted by Crippen LogP contribution is -2.32. The Morgan fingerprint density at radius 1 is 1.48 bits per heavy atom. The summed E-state index contributed by atoms with van der Waals surface area (Å²) < 4.78 is 12.3. The van der Waals surface area contributed by atoms with Gasteiger partial charge in [-0.05, 0) is 32.0 Å². The van der Waals surface area contributed by atoms with E-state index < -0.39 is 6.10 Å². The summed E-state index contributed by atoms with van der Waals surface area (Å²) >= 11 is 1.71. The Hall–Kier alpha value is -1.05. The van der Waals surface area contributed by atoms with Crippen LogP contribution in [0.25, 0.3) is 10.2 Å². The molecule has 1 fully saturated rings. The van der Waals surface area contributed by atoms with Crippen molar-refractivity contribution >= 4 is 21.6 Å². The summed E-state index contributed by atoms with van der Waals surface area (Å²) in [4.78, 5) is 6.70. The van der Waals surface area contributed by atoms with E-state index in [0.717, 1.165) is 36.5 Å². The maximum absolute atomic E-state index is 10.1. The first-order chi connectivity index (χ1) is 11.2. The summed E-state index contributed by atoms with van der Waals surface area (Å²) in [6, 6.07) is 8.15. The van der Waals surface area contributed by atoms with Crippen molar-refractivity contribution in [3.8, 4) is 0 Å². The fourth-order valence-corrected chi connectivity index (χ4v) is 3.85. The molecule has 6 heteroatoms. The standard InChI is InChI=1S/C17H24N2O3S/c1-19(9-13(20)11-21-12-14-5-4-8-22-14)10-17-18-15-6-2-3-7-16(15)23-17/h2-3,6-7,13-14,20H,4-5,8-12H2,1H3/t13-,14-/m1/s1.